The minimum atomic E-state index is -0.348. The molecule has 0 bridgehead atoms. The first-order valence-corrected chi connectivity index (χ1v) is 7.95. The first-order valence-electron chi connectivity index (χ1n) is 7.95. The number of esters is 1. The predicted molar refractivity (Wildman–Crippen MR) is 90.0 cm³/mol. The van der Waals surface area contributed by atoms with Crippen LogP contribution in [-0.2, 0) is 16.0 Å². The summed E-state index contributed by atoms with van der Waals surface area (Å²) in [6.45, 7) is 1.50. The molecule has 0 fully saturated rings. The average Bonchev–Trinajstić information content (AvgIpc) is 2.64. The summed E-state index contributed by atoms with van der Waals surface area (Å²) in [5.41, 5.74) is 2.06. The second kappa shape index (κ2) is 8.15. The number of rotatable bonds is 6. The molecule has 1 aliphatic rings. The normalized spacial score (nSPS) is 13.0. The second-order valence-corrected chi connectivity index (χ2v) is 5.36. The van der Waals surface area contributed by atoms with Crippen LogP contribution in [0.2, 0.25) is 0 Å². The third-order valence-corrected chi connectivity index (χ3v) is 3.58. The molecule has 0 spiro atoms. The Hall–Kier alpha value is -2.82. The van der Waals surface area contributed by atoms with E-state index in [0.29, 0.717) is 25.6 Å². The fourth-order valence-electron chi connectivity index (χ4n) is 2.37. The highest BCUT2D eigenvalue weighted by atomic mass is 16.6. The molecule has 1 aliphatic heterocycles. The largest absolute Gasteiger partial charge is 0.486 e. The van der Waals surface area contributed by atoms with Gasteiger partial charge in [-0.3, -0.25) is 4.98 Å². The zero-order valence-corrected chi connectivity index (χ0v) is 13.3. The average molecular weight is 325 g/mol. The maximum Gasteiger partial charge on any atom is 0.330 e. The Labute approximate surface area is 140 Å². The molecule has 0 atom stereocenters. The van der Waals surface area contributed by atoms with E-state index in [1.165, 1.54) is 11.6 Å². The molecule has 124 valence electrons. The van der Waals surface area contributed by atoms with Gasteiger partial charge in [-0.05, 0) is 54.3 Å². The molecule has 0 radical (unpaired) electrons. The highest BCUT2D eigenvalue weighted by Crippen LogP contribution is 2.31. The molecule has 1 aromatic carbocycles. The van der Waals surface area contributed by atoms with Crippen molar-refractivity contribution in [2.75, 3.05) is 19.8 Å². The lowest BCUT2D eigenvalue weighted by Crippen LogP contribution is -2.15. The number of hydrogen-bond donors (Lipinski definition) is 0. The van der Waals surface area contributed by atoms with Crippen LogP contribution >= 0.6 is 0 Å². The number of benzene rings is 1. The van der Waals surface area contributed by atoms with Crippen LogP contribution in [-0.4, -0.2) is 30.8 Å². The smallest absolute Gasteiger partial charge is 0.330 e. The molecule has 0 saturated carbocycles. The van der Waals surface area contributed by atoms with Crippen LogP contribution in [0.1, 0.15) is 17.5 Å². The Bertz CT molecular complexity index is 713. The van der Waals surface area contributed by atoms with Crippen LogP contribution in [0.3, 0.4) is 0 Å². The third kappa shape index (κ3) is 4.59. The Kier molecular flexibility index (Phi) is 5.45. The van der Waals surface area contributed by atoms with Gasteiger partial charge < -0.3 is 14.2 Å². The number of carbonyl (C=O) groups excluding carboxylic acids is 1. The summed E-state index contributed by atoms with van der Waals surface area (Å²) in [5, 5.41) is 0. The van der Waals surface area contributed by atoms with Crippen LogP contribution in [0.15, 0.2) is 48.8 Å². The zero-order chi connectivity index (χ0) is 16.6. The summed E-state index contributed by atoms with van der Waals surface area (Å²) in [5.74, 6) is 1.09. The molecule has 24 heavy (non-hydrogen) atoms. The number of fused-ring (bicyclic) bond motifs is 1. The summed E-state index contributed by atoms with van der Waals surface area (Å²) in [6, 6.07) is 9.49. The number of carbonyl (C=O) groups is 1. The molecular weight excluding hydrogens is 306 g/mol. The Morgan fingerprint density at radius 3 is 2.75 bits per heavy atom. The van der Waals surface area contributed by atoms with Crippen molar-refractivity contribution in [3.63, 3.8) is 0 Å². The van der Waals surface area contributed by atoms with Crippen molar-refractivity contribution < 1.29 is 19.0 Å². The van der Waals surface area contributed by atoms with Gasteiger partial charge >= 0.3 is 5.97 Å². The fraction of sp³-hybridized carbons (Fsp3) is 0.263. The molecule has 1 aromatic heterocycles. The van der Waals surface area contributed by atoms with Crippen molar-refractivity contribution in [2.24, 2.45) is 0 Å². The third-order valence-electron chi connectivity index (χ3n) is 3.58. The summed E-state index contributed by atoms with van der Waals surface area (Å²) < 4.78 is 16.2. The zero-order valence-electron chi connectivity index (χ0n) is 13.3. The van der Waals surface area contributed by atoms with Gasteiger partial charge in [-0.2, -0.15) is 0 Å². The van der Waals surface area contributed by atoms with Crippen LogP contribution in [0, 0.1) is 0 Å². The van der Waals surface area contributed by atoms with Crippen LogP contribution < -0.4 is 9.47 Å². The standard InChI is InChI=1S/C19H19NO4/c21-19(24-11-1-2-15-7-9-20-10-8-15)6-4-16-3-5-17-18(14-16)23-13-12-22-17/h3-10,14H,1-2,11-13H2/b6-4+. The van der Waals surface area contributed by atoms with Gasteiger partial charge in [0, 0.05) is 18.5 Å². The van der Waals surface area contributed by atoms with Gasteiger partial charge in [-0.15, -0.1) is 0 Å². The molecule has 5 heteroatoms. The van der Waals surface area contributed by atoms with E-state index >= 15 is 0 Å². The molecule has 0 N–H and O–H groups in total. The lowest BCUT2D eigenvalue weighted by atomic mass is 10.1. The van der Waals surface area contributed by atoms with E-state index in [2.05, 4.69) is 4.98 Å². The van der Waals surface area contributed by atoms with Crippen molar-refractivity contribution in [3.8, 4) is 11.5 Å². The first-order chi connectivity index (χ1) is 11.8. The van der Waals surface area contributed by atoms with E-state index in [1.807, 2.05) is 30.3 Å². The van der Waals surface area contributed by atoms with Crippen LogP contribution in [0.5, 0.6) is 11.5 Å². The molecule has 0 amide bonds. The predicted octanol–water partition coefficient (Wildman–Crippen LogP) is 3.04. The van der Waals surface area contributed by atoms with Crippen molar-refractivity contribution in [1.29, 1.82) is 0 Å². The van der Waals surface area contributed by atoms with Crippen LogP contribution in [0.4, 0.5) is 0 Å². The maximum atomic E-state index is 11.7. The lowest BCUT2D eigenvalue weighted by Gasteiger charge is -2.18. The number of aromatic nitrogens is 1. The van der Waals surface area contributed by atoms with Crippen molar-refractivity contribution in [1.82, 2.24) is 4.98 Å². The summed E-state index contributed by atoms with van der Waals surface area (Å²) in [6.07, 6.45) is 8.31. The molecule has 2 heterocycles. The summed E-state index contributed by atoms with van der Waals surface area (Å²) >= 11 is 0. The van der Waals surface area contributed by atoms with Crippen LogP contribution in [0.25, 0.3) is 6.08 Å². The van der Waals surface area contributed by atoms with Gasteiger partial charge in [-0.1, -0.05) is 6.07 Å². The fourth-order valence-corrected chi connectivity index (χ4v) is 2.37. The van der Waals surface area contributed by atoms with Gasteiger partial charge in [-0.25, -0.2) is 4.79 Å². The Balaban J connectivity index is 1.43. The van der Waals surface area contributed by atoms with Gasteiger partial charge in [0.25, 0.3) is 0 Å². The van der Waals surface area contributed by atoms with Crippen molar-refractivity contribution in [3.05, 3.63) is 59.9 Å². The molecular formula is C19H19NO4. The van der Waals surface area contributed by atoms with Gasteiger partial charge in [0.15, 0.2) is 11.5 Å². The number of aryl methyl sites for hydroxylation is 1. The van der Waals surface area contributed by atoms with E-state index in [4.69, 9.17) is 14.2 Å². The van der Waals surface area contributed by atoms with Crippen molar-refractivity contribution in [2.45, 2.75) is 12.8 Å². The molecule has 2 aromatic rings. The van der Waals surface area contributed by atoms with Gasteiger partial charge in [0.2, 0.25) is 0 Å². The molecule has 0 unspecified atom stereocenters. The summed E-state index contributed by atoms with van der Waals surface area (Å²) in [7, 11) is 0. The minimum Gasteiger partial charge on any atom is -0.486 e. The minimum absolute atomic E-state index is 0.348. The quantitative estimate of drug-likeness (QED) is 0.464. The molecule has 5 nitrogen and oxygen atoms in total. The number of pyridine rings is 1. The highest BCUT2D eigenvalue weighted by Gasteiger charge is 2.10. The summed E-state index contributed by atoms with van der Waals surface area (Å²) in [4.78, 5) is 15.7. The Morgan fingerprint density at radius 1 is 1.12 bits per heavy atom. The Morgan fingerprint density at radius 2 is 1.92 bits per heavy atom. The molecule has 0 aliphatic carbocycles. The SMILES string of the molecule is O=C(/C=C/c1ccc2c(c1)OCCO2)OCCCc1ccncc1. The topological polar surface area (TPSA) is 57.7 Å². The lowest BCUT2D eigenvalue weighted by molar-refractivity contribution is -0.137. The van der Waals surface area contributed by atoms with E-state index in [9.17, 15) is 4.79 Å². The first kappa shape index (κ1) is 16.1. The molecule has 3 rings (SSSR count). The monoisotopic (exact) mass is 325 g/mol. The second-order valence-electron chi connectivity index (χ2n) is 5.36. The molecule has 0 saturated heterocycles. The number of ether oxygens (including phenoxy) is 3. The number of hydrogen-bond acceptors (Lipinski definition) is 5. The van der Waals surface area contributed by atoms with E-state index in [1.54, 1.807) is 18.5 Å². The highest BCUT2D eigenvalue weighted by molar-refractivity contribution is 5.87. The van der Waals surface area contributed by atoms with E-state index in [0.717, 1.165) is 24.2 Å². The van der Waals surface area contributed by atoms with Gasteiger partial charge in [0.05, 0.1) is 6.61 Å². The maximum absolute atomic E-state index is 11.7. The van der Waals surface area contributed by atoms with Crippen molar-refractivity contribution >= 4 is 12.0 Å². The van der Waals surface area contributed by atoms with E-state index in [-0.39, 0.29) is 5.97 Å². The number of nitrogens with zero attached hydrogens (tertiary/aromatic N) is 1. The van der Waals surface area contributed by atoms with E-state index < -0.39 is 0 Å². The van der Waals surface area contributed by atoms with Gasteiger partial charge in [0.1, 0.15) is 13.2 Å².